The van der Waals surface area contributed by atoms with Crippen molar-refractivity contribution in [3.63, 3.8) is 0 Å². The first kappa shape index (κ1) is 46.1. The molecule has 4 aliphatic rings. The maximum Gasteiger partial charge on any atom is 0.307 e. The van der Waals surface area contributed by atoms with Crippen LogP contribution in [-0.4, -0.2) is 88.3 Å². The van der Waals surface area contributed by atoms with Crippen molar-refractivity contribution in [1.82, 2.24) is 58.3 Å². The molecule has 0 aromatic carbocycles. The summed E-state index contributed by atoms with van der Waals surface area (Å²) < 4.78 is 41.0. The minimum atomic E-state index is -0.559. The molecular weight excluding hydrogens is 909 g/mol. The van der Waals surface area contributed by atoms with Gasteiger partial charge in [0.2, 0.25) is 5.91 Å². The van der Waals surface area contributed by atoms with Gasteiger partial charge >= 0.3 is 5.97 Å². The molecule has 10 heterocycles. The molecule has 0 atom stereocenters. The first-order valence-electron chi connectivity index (χ1n) is 24.1. The van der Waals surface area contributed by atoms with Gasteiger partial charge in [-0.1, -0.05) is 0 Å². The Morgan fingerprint density at radius 2 is 1.04 bits per heavy atom. The number of aromatic nitrogens is 12. The summed E-state index contributed by atoms with van der Waals surface area (Å²) in [7, 11) is 1.40. The van der Waals surface area contributed by atoms with Gasteiger partial charge in [-0.25, -0.2) is 47.7 Å². The molecule has 2 saturated carbocycles. The molecule has 71 heavy (non-hydrogen) atoms. The van der Waals surface area contributed by atoms with Crippen LogP contribution in [0.2, 0.25) is 0 Å². The number of esters is 1. The van der Waals surface area contributed by atoms with Crippen LogP contribution in [0.3, 0.4) is 0 Å². The molecule has 12 rings (SSSR count). The van der Waals surface area contributed by atoms with E-state index in [2.05, 4.69) is 39.3 Å². The van der Waals surface area contributed by atoms with E-state index in [4.69, 9.17) is 31.9 Å². The number of aryl methyl sites for hydroxylation is 2. The number of ether oxygens (including phenoxy) is 1. The summed E-state index contributed by atoms with van der Waals surface area (Å²) >= 11 is 0. The highest BCUT2D eigenvalue weighted by Gasteiger charge is 2.50. The first-order valence-corrected chi connectivity index (χ1v) is 24.1. The van der Waals surface area contributed by atoms with Gasteiger partial charge in [-0.05, 0) is 127 Å². The normalized spacial score (nSPS) is 23.5. The third kappa shape index (κ3) is 8.11. The van der Waals surface area contributed by atoms with E-state index >= 15 is 0 Å². The van der Waals surface area contributed by atoms with Crippen LogP contribution in [0.25, 0.3) is 56.6 Å². The minimum absolute atomic E-state index is 0.125. The van der Waals surface area contributed by atoms with Crippen LogP contribution < -0.4 is 17.2 Å². The molecule has 2 aliphatic heterocycles. The maximum atomic E-state index is 14.1. The second-order valence-electron chi connectivity index (χ2n) is 20.2. The molecule has 0 saturated heterocycles. The highest BCUT2D eigenvalue weighted by molar-refractivity contribution is 5.80. The van der Waals surface area contributed by atoms with E-state index in [1.807, 2.05) is 36.7 Å². The van der Waals surface area contributed by atoms with Gasteiger partial charge in [-0.3, -0.25) is 9.59 Å². The van der Waals surface area contributed by atoms with Gasteiger partial charge in [-0.15, -0.1) is 0 Å². The Balaban J connectivity index is 0.000000154. The number of nitrogens with zero attached hydrogens (tertiary/aromatic N) is 12. The number of carbonyl (C=O) groups is 2. The van der Waals surface area contributed by atoms with Crippen molar-refractivity contribution in [3.8, 4) is 45.3 Å². The number of hydrogen-bond donors (Lipinski definition) is 3. The van der Waals surface area contributed by atoms with Crippen molar-refractivity contribution in [3.05, 3.63) is 108 Å². The number of hydrogen-bond acceptors (Lipinski definition) is 13. The second kappa shape index (κ2) is 17.2. The van der Waals surface area contributed by atoms with Crippen molar-refractivity contribution in [2.24, 2.45) is 17.2 Å². The van der Waals surface area contributed by atoms with Gasteiger partial charge in [0.05, 0.1) is 47.7 Å². The van der Waals surface area contributed by atoms with Crippen molar-refractivity contribution < 1.29 is 23.1 Å². The molecule has 2 fully saturated rings. The van der Waals surface area contributed by atoms with Crippen molar-refractivity contribution >= 4 is 23.2 Å². The number of rotatable bonds is 8. The number of methoxy groups -OCH3 is 1. The zero-order valence-electron chi connectivity index (χ0n) is 39.9. The number of fused-ring (bicyclic) bond motifs is 6. The Morgan fingerprint density at radius 1 is 0.606 bits per heavy atom. The van der Waals surface area contributed by atoms with Crippen LogP contribution in [-0.2, 0) is 38.2 Å². The molecule has 1 amide bonds. The van der Waals surface area contributed by atoms with Crippen LogP contribution in [0.4, 0.5) is 8.78 Å². The highest BCUT2D eigenvalue weighted by Crippen LogP contribution is 2.53. The third-order valence-corrected chi connectivity index (χ3v) is 15.8. The first-order chi connectivity index (χ1) is 34.1. The third-order valence-electron chi connectivity index (χ3n) is 15.8. The lowest BCUT2D eigenvalue weighted by molar-refractivity contribution is -0.142. The molecule has 18 nitrogen and oxygen atoms in total. The fraction of sp³-hybridized carbons (Fsp3) is 0.412. The second-order valence-corrected chi connectivity index (χ2v) is 20.2. The topological polar surface area (TPSA) is 243 Å². The lowest BCUT2D eigenvalue weighted by atomic mass is 9.65. The van der Waals surface area contributed by atoms with Gasteiger partial charge < -0.3 is 31.1 Å². The Labute approximate surface area is 407 Å². The lowest BCUT2D eigenvalue weighted by Gasteiger charge is -2.41. The average molecular weight is 964 g/mol. The molecule has 8 aromatic rings. The van der Waals surface area contributed by atoms with Gasteiger partial charge in [0.1, 0.15) is 47.3 Å². The van der Waals surface area contributed by atoms with E-state index in [0.29, 0.717) is 35.6 Å². The SMILES string of the molecule is COC(=O)CC1(N)CCC2(CCn3c2nc(-c2ccc(F)c(C)n2)c3-c2ccc3ncnn3c2)CC1.Cc1nc(-c2nc3n(c2-c2ccc4ncnn4c2)CCC32CCC(N)(CC(N)=O)CC2)ccc1F. The molecule has 0 radical (unpaired) electrons. The summed E-state index contributed by atoms with van der Waals surface area (Å²) in [5.74, 6) is 0.698. The van der Waals surface area contributed by atoms with Crippen molar-refractivity contribution in [2.45, 2.75) is 126 Å². The standard InChI is InChI=1S/C26H28FN7O2.C25H27FN8O/c1-16-18(27)4-5-19(31-16)22-23(17-3-6-20-29-15-30-34(20)14-17)33-12-11-25(24(33)32-22)7-9-26(28,10-8-25)13-21(35)36-2;1-15-17(26)3-4-18(31-15)21-22(16-2-5-20-29-14-30-34(20)13-16)33-11-10-24(23(33)32-21)6-8-25(28,9-7-24)12-19(27)35/h3-6,14-15H,7-13,28H2,1-2H3;2-5,13-14H,6-12,28H2,1H3,(H2,27,35). The van der Waals surface area contributed by atoms with Gasteiger partial charge in [0.15, 0.2) is 11.3 Å². The molecule has 2 spiro atoms. The van der Waals surface area contributed by atoms with Gasteiger partial charge in [0, 0.05) is 64.9 Å². The highest BCUT2D eigenvalue weighted by atomic mass is 19.1. The van der Waals surface area contributed by atoms with Gasteiger partial charge in [0.25, 0.3) is 0 Å². The molecule has 0 bridgehead atoms. The molecule has 6 N–H and O–H groups in total. The molecule has 20 heteroatoms. The van der Waals surface area contributed by atoms with E-state index in [0.717, 1.165) is 121 Å². The Bertz CT molecular complexity index is 3390. The predicted molar refractivity (Wildman–Crippen MR) is 258 cm³/mol. The Kier molecular flexibility index (Phi) is 11.2. The van der Waals surface area contributed by atoms with Crippen LogP contribution in [0.5, 0.6) is 0 Å². The number of imidazole rings is 2. The number of amides is 1. The zero-order chi connectivity index (χ0) is 49.5. The minimum Gasteiger partial charge on any atom is -0.469 e. The summed E-state index contributed by atoms with van der Waals surface area (Å²) in [5, 5.41) is 8.59. The number of halogens is 2. The molecule has 2 aliphatic carbocycles. The lowest BCUT2D eigenvalue weighted by Crippen LogP contribution is -2.49. The number of primary amides is 1. The fourth-order valence-electron chi connectivity index (χ4n) is 11.7. The summed E-state index contributed by atoms with van der Waals surface area (Å²) in [6.07, 6.45) is 15.5. The molecule has 0 unspecified atom stereocenters. The smallest absolute Gasteiger partial charge is 0.307 e. The number of pyridine rings is 4. The zero-order valence-corrected chi connectivity index (χ0v) is 39.9. The van der Waals surface area contributed by atoms with Crippen LogP contribution in [0, 0.1) is 25.5 Å². The molecule has 8 aromatic heterocycles. The van der Waals surface area contributed by atoms with Gasteiger partial charge in [-0.2, -0.15) is 10.2 Å². The largest absolute Gasteiger partial charge is 0.469 e. The van der Waals surface area contributed by atoms with Crippen LogP contribution in [0.15, 0.2) is 73.6 Å². The average Bonchev–Trinajstić information content (AvgIpc) is 4.22. The summed E-state index contributed by atoms with van der Waals surface area (Å²) in [6, 6.07) is 14.1. The van der Waals surface area contributed by atoms with E-state index in [9.17, 15) is 18.4 Å². The summed E-state index contributed by atoms with van der Waals surface area (Å²) in [6.45, 7) is 4.93. The van der Waals surface area contributed by atoms with Crippen molar-refractivity contribution in [1.29, 1.82) is 0 Å². The molecular formula is C51H55F2N15O3. The molecule has 366 valence electrons. The monoisotopic (exact) mass is 963 g/mol. The van der Waals surface area contributed by atoms with Crippen LogP contribution in [0.1, 0.15) is 100 Å². The Morgan fingerprint density at radius 3 is 1.45 bits per heavy atom. The Hall–Kier alpha value is -7.32. The summed E-state index contributed by atoms with van der Waals surface area (Å²) in [4.78, 5) is 51.4. The maximum absolute atomic E-state index is 14.1. The van der Waals surface area contributed by atoms with E-state index in [-0.39, 0.29) is 47.2 Å². The predicted octanol–water partition coefficient (Wildman–Crippen LogP) is 6.47. The van der Waals surface area contributed by atoms with E-state index in [1.54, 1.807) is 35.0 Å². The van der Waals surface area contributed by atoms with Crippen LogP contribution >= 0.6 is 0 Å². The van der Waals surface area contributed by atoms with E-state index in [1.165, 1.54) is 31.9 Å². The number of carbonyl (C=O) groups excluding carboxylic acids is 2. The number of nitrogens with two attached hydrogens (primary N) is 3. The fourth-order valence-corrected chi connectivity index (χ4v) is 11.7. The van der Waals surface area contributed by atoms with E-state index < -0.39 is 11.1 Å². The quantitative estimate of drug-likeness (QED) is 0.139. The summed E-state index contributed by atoms with van der Waals surface area (Å²) in [5.41, 5.74) is 25.9. The van der Waals surface area contributed by atoms with Crippen molar-refractivity contribution in [2.75, 3.05) is 7.11 Å².